The average Bonchev–Trinajstić information content (AvgIpc) is 3.57. The van der Waals surface area contributed by atoms with Crippen LogP contribution in [0.2, 0.25) is 0 Å². The molecule has 0 radical (unpaired) electrons. The van der Waals surface area contributed by atoms with Crippen LogP contribution in [0.15, 0.2) is 192 Å². The van der Waals surface area contributed by atoms with Gasteiger partial charge in [0.1, 0.15) is 11.2 Å². The van der Waals surface area contributed by atoms with Gasteiger partial charge in [0.05, 0.1) is 5.69 Å². The van der Waals surface area contributed by atoms with E-state index in [-0.39, 0.29) is 0 Å². The summed E-state index contributed by atoms with van der Waals surface area (Å²) in [5, 5.41) is 9.59. The molecule has 0 fully saturated rings. The molecule has 2 heteroatoms. The number of hydrogen-bond donors (Lipinski definition) is 0. The van der Waals surface area contributed by atoms with Gasteiger partial charge in [-0.25, -0.2) is 0 Å². The largest absolute Gasteiger partial charge is 0.455 e. The zero-order valence-electron chi connectivity index (χ0n) is 27.3. The molecular weight excluding hydrogens is 607 g/mol. The first-order chi connectivity index (χ1) is 24.8. The first kappa shape index (κ1) is 28.4. The van der Waals surface area contributed by atoms with E-state index in [1.807, 2.05) is 0 Å². The van der Waals surface area contributed by atoms with E-state index >= 15 is 0 Å². The monoisotopic (exact) mass is 637 g/mol. The lowest BCUT2D eigenvalue weighted by atomic mass is 9.99. The van der Waals surface area contributed by atoms with Crippen LogP contribution in [0.1, 0.15) is 0 Å². The number of fused-ring (bicyclic) bond motifs is 8. The van der Waals surface area contributed by atoms with Gasteiger partial charge < -0.3 is 9.32 Å². The molecule has 1 heterocycles. The van der Waals surface area contributed by atoms with E-state index in [9.17, 15) is 0 Å². The fourth-order valence-corrected chi connectivity index (χ4v) is 7.57. The van der Waals surface area contributed by atoms with Gasteiger partial charge in [-0.1, -0.05) is 140 Å². The maximum atomic E-state index is 6.52. The third-order valence-electron chi connectivity index (χ3n) is 10.0. The molecule has 2 nitrogen and oxygen atoms in total. The van der Waals surface area contributed by atoms with E-state index in [0.717, 1.165) is 55.5 Å². The SMILES string of the molecule is c1ccc(-c2ccccc2N(c2ccc(-c3ccc4c(c3)oc3c5ccccc5ccc43)cc2)c2ccc3ccc4ccccc4c3c2)cc1. The van der Waals surface area contributed by atoms with Gasteiger partial charge in [-0.05, 0) is 92.2 Å². The lowest BCUT2D eigenvalue weighted by Crippen LogP contribution is -2.11. The van der Waals surface area contributed by atoms with Crippen molar-refractivity contribution in [1.29, 1.82) is 0 Å². The molecule has 0 saturated heterocycles. The van der Waals surface area contributed by atoms with E-state index in [1.165, 1.54) is 38.1 Å². The van der Waals surface area contributed by atoms with Crippen LogP contribution < -0.4 is 4.90 Å². The summed E-state index contributed by atoms with van der Waals surface area (Å²) in [7, 11) is 0. The molecule has 234 valence electrons. The summed E-state index contributed by atoms with van der Waals surface area (Å²) in [6.45, 7) is 0. The summed E-state index contributed by atoms with van der Waals surface area (Å²) in [5.41, 5.74) is 9.81. The molecule has 0 unspecified atom stereocenters. The van der Waals surface area contributed by atoms with Crippen LogP contribution in [0.5, 0.6) is 0 Å². The first-order valence-electron chi connectivity index (χ1n) is 17.1. The molecule has 9 aromatic carbocycles. The van der Waals surface area contributed by atoms with Crippen LogP contribution in [0, 0.1) is 0 Å². The number of furan rings is 1. The van der Waals surface area contributed by atoms with Crippen LogP contribution >= 0.6 is 0 Å². The highest BCUT2D eigenvalue weighted by atomic mass is 16.3. The second kappa shape index (κ2) is 11.5. The van der Waals surface area contributed by atoms with E-state index in [2.05, 4.69) is 193 Å². The molecule has 10 aromatic rings. The number of anilines is 3. The third-order valence-corrected chi connectivity index (χ3v) is 10.0. The smallest absolute Gasteiger partial charge is 0.143 e. The van der Waals surface area contributed by atoms with Crippen molar-refractivity contribution in [3.8, 4) is 22.3 Å². The first-order valence-corrected chi connectivity index (χ1v) is 17.1. The van der Waals surface area contributed by atoms with Gasteiger partial charge >= 0.3 is 0 Å². The zero-order chi connectivity index (χ0) is 33.0. The van der Waals surface area contributed by atoms with Crippen molar-refractivity contribution < 1.29 is 4.42 Å². The summed E-state index contributed by atoms with van der Waals surface area (Å²) >= 11 is 0. The van der Waals surface area contributed by atoms with Gasteiger partial charge in [0.15, 0.2) is 0 Å². The highest BCUT2D eigenvalue weighted by Crippen LogP contribution is 2.43. The molecule has 0 amide bonds. The Balaban J connectivity index is 1.11. The summed E-state index contributed by atoms with van der Waals surface area (Å²) < 4.78 is 6.52. The molecule has 0 aliphatic heterocycles. The van der Waals surface area contributed by atoms with Crippen molar-refractivity contribution in [3.05, 3.63) is 188 Å². The number of para-hydroxylation sites is 1. The van der Waals surface area contributed by atoms with Crippen molar-refractivity contribution in [2.45, 2.75) is 0 Å². The molecule has 10 rings (SSSR count). The number of benzene rings is 9. The Bertz CT molecular complexity index is 2870. The Kier molecular flexibility index (Phi) is 6.53. The summed E-state index contributed by atoms with van der Waals surface area (Å²) in [6, 6.07) is 67.5. The minimum atomic E-state index is 0.903. The van der Waals surface area contributed by atoms with Crippen molar-refractivity contribution in [3.63, 3.8) is 0 Å². The van der Waals surface area contributed by atoms with Gasteiger partial charge in [0.25, 0.3) is 0 Å². The van der Waals surface area contributed by atoms with Gasteiger partial charge in [0, 0.05) is 33.1 Å². The standard InChI is InChI=1S/C48H31NO/c1-2-10-33(11-3-1)41-15-8-9-17-46(41)49(39-27-22-36-19-18-34-12-4-6-14-40(34)45(36)31-39)38-25-20-32(21-26-38)37-24-28-43-44-29-23-35-13-5-7-16-42(35)48(44)50-47(43)30-37/h1-31H. The molecule has 0 saturated carbocycles. The van der Waals surface area contributed by atoms with Crippen LogP contribution in [-0.2, 0) is 0 Å². The lowest BCUT2D eigenvalue weighted by molar-refractivity contribution is 0.673. The van der Waals surface area contributed by atoms with Crippen molar-refractivity contribution in [1.82, 2.24) is 0 Å². The molecule has 50 heavy (non-hydrogen) atoms. The van der Waals surface area contributed by atoms with Crippen LogP contribution in [0.25, 0.3) is 76.5 Å². The maximum Gasteiger partial charge on any atom is 0.143 e. The highest BCUT2D eigenvalue weighted by Gasteiger charge is 2.18. The Morgan fingerprint density at radius 1 is 0.340 bits per heavy atom. The molecule has 0 atom stereocenters. The van der Waals surface area contributed by atoms with Crippen molar-refractivity contribution in [2.24, 2.45) is 0 Å². The fraction of sp³-hybridized carbons (Fsp3) is 0. The van der Waals surface area contributed by atoms with E-state index < -0.39 is 0 Å². The van der Waals surface area contributed by atoms with Crippen LogP contribution in [0.3, 0.4) is 0 Å². The maximum absolute atomic E-state index is 6.52. The normalized spacial score (nSPS) is 11.6. The Morgan fingerprint density at radius 2 is 0.940 bits per heavy atom. The second-order valence-electron chi connectivity index (χ2n) is 12.9. The number of hydrogen-bond acceptors (Lipinski definition) is 2. The van der Waals surface area contributed by atoms with Gasteiger partial charge in [-0.3, -0.25) is 0 Å². The number of nitrogens with zero attached hydrogens (tertiary/aromatic N) is 1. The molecule has 0 N–H and O–H groups in total. The van der Waals surface area contributed by atoms with E-state index in [1.54, 1.807) is 0 Å². The van der Waals surface area contributed by atoms with Crippen molar-refractivity contribution in [2.75, 3.05) is 4.90 Å². The minimum absolute atomic E-state index is 0.903. The molecular formula is C48H31NO. The van der Waals surface area contributed by atoms with E-state index in [0.29, 0.717) is 0 Å². The summed E-state index contributed by atoms with van der Waals surface area (Å²) in [4.78, 5) is 2.39. The predicted octanol–water partition coefficient (Wildman–Crippen LogP) is 13.8. The Hall–Kier alpha value is -6.64. The molecule has 0 spiro atoms. The molecule has 0 bridgehead atoms. The predicted molar refractivity (Wildman–Crippen MR) is 212 cm³/mol. The summed E-state index contributed by atoms with van der Waals surface area (Å²) in [5.74, 6) is 0. The third kappa shape index (κ3) is 4.65. The zero-order valence-corrected chi connectivity index (χ0v) is 27.3. The van der Waals surface area contributed by atoms with Crippen LogP contribution in [0.4, 0.5) is 17.1 Å². The Morgan fingerprint density at radius 3 is 1.78 bits per heavy atom. The number of rotatable bonds is 5. The van der Waals surface area contributed by atoms with E-state index in [4.69, 9.17) is 4.42 Å². The fourth-order valence-electron chi connectivity index (χ4n) is 7.57. The average molecular weight is 638 g/mol. The Labute approximate surface area is 290 Å². The van der Waals surface area contributed by atoms with Gasteiger partial charge in [-0.15, -0.1) is 0 Å². The quantitative estimate of drug-likeness (QED) is 0.175. The molecule has 0 aliphatic rings. The lowest BCUT2D eigenvalue weighted by Gasteiger charge is -2.28. The minimum Gasteiger partial charge on any atom is -0.455 e. The van der Waals surface area contributed by atoms with Crippen molar-refractivity contribution >= 4 is 71.3 Å². The molecule has 1 aromatic heterocycles. The highest BCUT2D eigenvalue weighted by molar-refractivity contribution is 6.15. The summed E-state index contributed by atoms with van der Waals surface area (Å²) in [6.07, 6.45) is 0. The van der Waals surface area contributed by atoms with Gasteiger partial charge in [0.2, 0.25) is 0 Å². The van der Waals surface area contributed by atoms with Gasteiger partial charge in [-0.2, -0.15) is 0 Å². The second-order valence-corrected chi connectivity index (χ2v) is 12.9. The molecule has 0 aliphatic carbocycles. The topological polar surface area (TPSA) is 16.4 Å². The van der Waals surface area contributed by atoms with Crippen LogP contribution in [-0.4, -0.2) is 0 Å².